The fourth-order valence-corrected chi connectivity index (χ4v) is 2.84. The molecule has 2 heterocycles. The predicted molar refractivity (Wildman–Crippen MR) is 64.0 cm³/mol. The zero-order valence-electron chi connectivity index (χ0n) is 10.7. The molecule has 0 saturated carbocycles. The van der Waals surface area contributed by atoms with Crippen molar-refractivity contribution in [3.05, 3.63) is 0 Å². The number of hydrogen-bond acceptors (Lipinski definition) is 5. The van der Waals surface area contributed by atoms with Crippen LogP contribution in [0.1, 0.15) is 19.3 Å². The first-order valence-electron chi connectivity index (χ1n) is 6.40. The summed E-state index contributed by atoms with van der Waals surface area (Å²) in [6.45, 7) is 1.16. The summed E-state index contributed by atoms with van der Waals surface area (Å²) in [4.78, 5) is 23.2. The van der Waals surface area contributed by atoms with E-state index in [1.807, 2.05) is 0 Å². The van der Waals surface area contributed by atoms with Gasteiger partial charge in [-0.25, -0.2) is 0 Å². The Hall–Kier alpha value is -1.18. The van der Waals surface area contributed by atoms with Crippen LogP contribution in [0.2, 0.25) is 0 Å². The lowest BCUT2D eigenvalue weighted by atomic mass is 9.89. The van der Waals surface area contributed by atoms with E-state index in [4.69, 9.17) is 19.7 Å². The van der Waals surface area contributed by atoms with Crippen molar-refractivity contribution in [2.75, 3.05) is 32.9 Å². The van der Waals surface area contributed by atoms with Crippen LogP contribution in [0.4, 0.5) is 0 Å². The second kappa shape index (κ2) is 5.85. The summed E-state index contributed by atoms with van der Waals surface area (Å²) in [7, 11) is 0. The average Bonchev–Trinajstić information content (AvgIpc) is 2.75. The first-order chi connectivity index (χ1) is 9.01. The highest BCUT2D eigenvalue weighted by molar-refractivity contribution is 5.72. The van der Waals surface area contributed by atoms with Crippen LogP contribution in [0.5, 0.6) is 0 Å². The average molecular weight is 273 g/mol. The molecule has 19 heavy (non-hydrogen) atoms. The van der Waals surface area contributed by atoms with Crippen molar-refractivity contribution in [1.82, 2.24) is 4.90 Å². The van der Waals surface area contributed by atoms with E-state index >= 15 is 0 Å². The fraction of sp³-hybridized carbons (Fsp3) is 0.833. The maximum absolute atomic E-state index is 10.9. The molecular weight excluding hydrogens is 254 g/mol. The Morgan fingerprint density at radius 1 is 1.21 bits per heavy atom. The fourth-order valence-electron chi connectivity index (χ4n) is 2.84. The number of nitrogens with zero attached hydrogens (tertiary/aromatic N) is 1. The number of carboxylic acids is 2. The molecule has 0 amide bonds. The van der Waals surface area contributed by atoms with E-state index in [9.17, 15) is 9.59 Å². The van der Waals surface area contributed by atoms with Gasteiger partial charge in [0.1, 0.15) is 0 Å². The lowest BCUT2D eigenvalue weighted by Gasteiger charge is -2.41. The molecule has 0 aromatic heterocycles. The van der Waals surface area contributed by atoms with Gasteiger partial charge in [-0.1, -0.05) is 0 Å². The van der Waals surface area contributed by atoms with Gasteiger partial charge in [0, 0.05) is 25.7 Å². The highest BCUT2D eigenvalue weighted by atomic mass is 16.6. The van der Waals surface area contributed by atoms with Crippen molar-refractivity contribution in [3.63, 3.8) is 0 Å². The Morgan fingerprint density at radius 3 is 2.42 bits per heavy atom. The third-order valence-corrected chi connectivity index (χ3v) is 3.73. The minimum Gasteiger partial charge on any atom is -0.480 e. The lowest BCUT2D eigenvalue weighted by molar-refractivity contribution is -0.147. The van der Waals surface area contributed by atoms with Crippen LogP contribution in [0.3, 0.4) is 0 Å². The minimum absolute atomic E-state index is 0.0809. The number of carboxylic acid groups (broad SMARTS) is 2. The molecule has 0 aromatic rings. The van der Waals surface area contributed by atoms with Crippen molar-refractivity contribution >= 4 is 11.9 Å². The molecule has 2 unspecified atom stereocenters. The van der Waals surface area contributed by atoms with E-state index in [1.165, 1.54) is 4.90 Å². The monoisotopic (exact) mass is 273 g/mol. The van der Waals surface area contributed by atoms with E-state index in [0.29, 0.717) is 32.7 Å². The molecule has 1 spiro atoms. The van der Waals surface area contributed by atoms with Crippen LogP contribution in [0.25, 0.3) is 0 Å². The van der Waals surface area contributed by atoms with Gasteiger partial charge in [-0.05, 0) is 12.8 Å². The normalized spacial score (nSPS) is 30.9. The van der Waals surface area contributed by atoms with Crippen LogP contribution in [-0.4, -0.2) is 71.6 Å². The first-order valence-corrected chi connectivity index (χ1v) is 6.40. The molecule has 2 aliphatic heterocycles. The molecule has 2 N–H and O–H groups in total. The van der Waals surface area contributed by atoms with Gasteiger partial charge >= 0.3 is 11.9 Å². The molecule has 0 radical (unpaired) electrons. The van der Waals surface area contributed by atoms with Crippen LogP contribution < -0.4 is 0 Å². The number of aliphatic carboxylic acids is 2. The molecule has 7 heteroatoms. The molecule has 2 fully saturated rings. The molecule has 0 aromatic carbocycles. The van der Waals surface area contributed by atoms with E-state index in [-0.39, 0.29) is 24.7 Å². The van der Waals surface area contributed by atoms with Crippen LogP contribution in [0.15, 0.2) is 0 Å². The Balaban J connectivity index is 2.03. The van der Waals surface area contributed by atoms with Crippen molar-refractivity contribution in [1.29, 1.82) is 0 Å². The maximum Gasteiger partial charge on any atom is 0.317 e. The molecule has 2 saturated heterocycles. The molecule has 0 aliphatic carbocycles. The molecular formula is C12H19NO6. The molecule has 2 rings (SSSR count). The van der Waals surface area contributed by atoms with Crippen LogP contribution in [-0.2, 0) is 19.1 Å². The zero-order chi connectivity index (χ0) is 13.9. The van der Waals surface area contributed by atoms with Gasteiger partial charge in [0.25, 0.3) is 0 Å². The summed E-state index contributed by atoms with van der Waals surface area (Å²) in [5, 5.41) is 17.8. The van der Waals surface area contributed by atoms with E-state index in [1.54, 1.807) is 0 Å². The summed E-state index contributed by atoms with van der Waals surface area (Å²) in [5.41, 5.74) is -0.349. The number of ether oxygens (including phenoxy) is 2. The van der Waals surface area contributed by atoms with Crippen molar-refractivity contribution in [2.45, 2.75) is 30.9 Å². The van der Waals surface area contributed by atoms with Crippen LogP contribution >= 0.6 is 0 Å². The van der Waals surface area contributed by atoms with Gasteiger partial charge < -0.3 is 19.7 Å². The minimum atomic E-state index is -1.01. The second-order valence-corrected chi connectivity index (χ2v) is 5.17. The van der Waals surface area contributed by atoms with Gasteiger partial charge in [-0.3, -0.25) is 14.5 Å². The largest absolute Gasteiger partial charge is 0.480 e. The summed E-state index contributed by atoms with van der Waals surface area (Å²) < 4.78 is 11.1. The highest BCUT2D eigenvalue weighted by Gasteiger charge is 2.43. The Kier molecular flexibility index (Phi) is 4.38. The van der Waals surface area contributed by atoms with Gasteiger partial charge in [-0.2, -0.15) is 0 Å². The quantitative estimate of drug-likeness (QED) is 0.715. The molecule has 2 aliphatic rings. The SMILES string of the molecule is O=C(O)CN(CC(=O)O)C1CCOC2(CCOC2)C1. The second-order valence-electron chi connectivity index (χ2n) is 5.17. The Morgan fingerprint density at radius 2 is 1.89 bits per heavy atom. The molecule has 7 nitrogen and oxygen atoms in total. The predicted octanol–water partition coefficient (Wildman–Crippen LogP) is -0.204. The van der Waals surface area contributed by atoms with Gasteiger partial charge in [0.15, 0.2) is 0 Å². The molecule has 0 bridgehead atoms. The summed E-state index contributed by atoms with van der Waals surface area (Å²) >= 11 is 0. The van der Waals surface area contributed by atoms with E-state index < -0.39 is 11.9 Å². The van der Waals surface area contributed by atoms with Crippen molar-refractivity contribution in [3.8, 4) is 0 Å². The zero-order valence-corrected chi connectivity index (χ0v) is 10.7. The number of hydrogen-bond donors (Lipinski definition) is 2. The first kappa shape index (κ1) is 14.2. The van der Waals surface area contributed by atoms with E-state index in [2.05, 4.69) is 0 Å². The van der Waals surface area contributed by atoms with Gasteiger partial charge in [0.05, 0.1) is 25.3 Å². The number of rotatable bonds is 5. The van der Waals surface area contributed by atoms with Gasteiger partial charge in [0.2, 0.25) is 0 Å². The molecule has 2 atom stereocenters. The smallest absolute Gasteiger partial charge is 0.317 e. The lowest BCUT2D eigenvalue weighted by Crippen LogP contribution is -2.51. The third kappa shape index (κ3) is 3.65. The third-order valence-electron chi connectivity index (χ3n) is 3.73. The Bertz CT molecular complexity index is 336. The summed E-state index contributed by atoms with van der Waals surface area (Å²) in [6, 6.07) is -0.0809. The highest BCUT2D eigenvalue weighted by Crippen LogP contribution is 2.34. The topological polar surface area (TPSA) is 96.3 Å². The summed E-state index contributed by atoms with van der Waals surface area (Å²) in [5.74, 6) is -2.02. The molecule has 108 valence electrons. The standard InChI is InChI=1S/C12H19NO6/c14-10(15)6-13(7-11(16)17)9-1-3-19-12(5-9)2-4-18-8-12/h9H,1-8H2,(H,14,15)(H,16,17). The van der Waals surface area contributed by atoms with Crippen molar-refractivity contribution < 1.29 is 29.3 Å². The van der Waals surface area contributed by atoms with E-state index in [0.717, 1.165) is 6.42 Å². The van der Waals surface area contributed by atoms with Crippen LogP contribution in [0, 0.1) is 0 Å². The van der Waals surface area contributed by atoms with Crippen molar-refractivity contribution in [2.24, 2.45) is 0 Å². The summed E-state index contributed by atoms with van der Waals surface area (Å²) in [6.07, 6.45) is 2.08. The maximum atomic E-state index is 10.9. The Labute approximate surface area is 111 Å². The number of carbonyl (C=O) groups is 2. The van der Waals surface area contributed by atoms with Gasteiger partial charge in [-0.15, -0.1) is 0 Å².